The van der Waals surface area contributed by atoms with Crippen molar-refractivity contribution in [2.45, 2.75) is 44.6 Å². The highest BCUT2D eigenvalue weighted by atomic mass is 127. The molecular weight excluding hydrogens is 448 g/mol. The van der Waals surface area contributed by atoms with Gasteiger partial charge in [-0.15, -0.1) is 0 Å². The molecule has 3 rings (SSSR count). The van der Waals surface area contributed by atoms with Crippen LogP contribution in [0, 0.1) is 9.49 Å². The molecule has 1 atom stereocenters. The first kappa shape index (κ1) is 19.6. The van der Waals surface area contributed by atoms with Crippen molar-refractivity contribution < 1.29 is 14.5 Å². The lowest BCUT2D eigenvalue weighted by atomic mass is 9.91. The molecule has 3 N–H and O–H groups in total. The monoisotopic (exact) mass is 476 g/mol. The highest BCUT2D eigenvalue weighted by Gasteiger charge is 2.37. The first-order chi connectivity index (χ1) is 12.0. The van der Waals surface area contributed by atoms with E-state index in [0.717, 1.165) is 19.3 Å². The molecule has 0 spiro atoms. The Morgan fingerprint density at radius 3 is 2.52 bits per heavy atom. The SMILES string of the molecule is O[P+](O)(C=C1CN[C@H](Cc2ccc(I)cc2)CO1)CC1CCCCC1. The van der Waals surface area contributed by atoms with E-state index in [9.17, 15) is 9.79 Å². The Morgan fingerprint density at radius 2 is 1.88 bits per heavy atom. The van der Waals surface area contributed by atoms with Crippen LogP contribution in [0.1, 0.15) is 37.7 Å². The molecular formula is C19H28INO3P+. The maximum Gasteiger partial charge on any atom is 0.296 e. The smallest absolute Gasteiger partial charge is 0.296 e. The van der Waals surface area contributed by atoms with Crippen LogP contribution in [0.2, 0.25) is 0 Å². The standard InChI is InChI=1S/C19H28INO3P/c20-17-8-6-15(7-9-17)10-18-12-24-19(11-21-18)14-25(22,23)13-16-4-2-1-3-5-16/h6-9,14,16,18,21-23H,1-5,10-13H2/q+1/t18-/m1/s1. The molecule has 0 bridgehead atoms. The third-order valence-corrected chi connectivity index (χ3v) is 7.51. The number of benzene rings is 1. The van der Waals surface area contributed by atoms with Crippen LogP contribution in [0.3, 0.4) is 0 Å². The van der Waals surface area contributed by atoms with E-state index in [0.29, 0.717) is 31.0 Å². The second kappa shape index (κ2) is 9.14. The van der Waals surface area contributed by atoms with Crippen molar-refractivity contribution in [3.8, 4) is 0 Å². The summed E-state index contributed by atoms with van der Waals surface area (Å²) < 4.78 is 7.06. The summed E-state index contributed by atoms with van der Waals surface area (Å²) in [5.41, 5.74) is 1.29. The largest absolute Gasteiger partial charge is 0.491 e. The Kier molecular flexibility index (Phi) is 7.15. The summed E-state index contributed by atoms with van der Waals surface area (Å²) in [6.45, 7) is 1.14. The Hall–Kier alpha value is -0.200. The molecule has 1 aromatic rings. The van der Waals surface area contributed by atoms with Gasteiger partial charge in [-0.1, -0.05) is 31.4 Å². The van der Waals surface area contributed by atoms with Crippen LogP contribution < -0.4 is 5.32 Å². The zero-order valence-corrected chi connectivity index (χ0v) is 17.6. The summed E-state index contributed by atoms with van der Waals surface area (Å²) >= 11 is 2.31. The number of hydrogen-bond donors (Lipinski definition) is 3. The molecule has 1 aliphatic carbocycles. The maximum absolute atomic E-state index is 10.4. The maximum atomic E-state index is 10.4. The second-order valence-corrected chi connectivity index (χ2v) is 10.7. The molecule has 25 heavy (non-hydrogen) atoms. The lowest BCUT2D eigenvalue weighted by molar-refractivity contribution is 0.139. The van der Waals surface area contributed by atoms with Gasteiger partial charge in [-0.05, 0) is 65.5 Å². The molecule has 0 amide bonds. The van der Waals surface area contributed by atoms with Crippen molar-refractivity contribution in [3.05, 3.63) is 45.0 Å². The van der Waals surface area contributed by atoms with Crippen molar-refractivity contribution in [1.82, 2.24) is 5.32 Å². The fourth-order valence-corrected chi connectivity index (χ4v) is 5.93. The number of hydrogen-bond acceptors (Lipinski definition) is 4. The Balaban J connectivity index is 1.48. The summed E-state index contributed by atoms with van der Waals surface area (Å²) in [6, 6.07) is 8.80. The minimum Gasteiger partial charge on any atom is -0.491 e. The first-order valence-electron chi connectivity index (χ1n) is 9.16. The van der Waals surface area contributed by atoms with Crippen LogP contribution in [-0.4, -0.2) is 35.1 Å². The van der Waals surface area contributed by atoms with E-state index in [1.54, 1.807) is 5.82 Å². The molecule has 0 aromatic heterocycles. The summed E-state index contributed by atoms with van der Waals surface area (Å²) in [5, 5.41) is 3.46. The second-order valence-electron chi connectivity index (χ2n) is 7.29. The molecule has 2 fully saturated rings. The van der Waals surface area contributed by atoms with Crippen LogP contribution in [0.5, 0.6) is 0 Å². The van der Waals surface area contributed by atoms with Gasteiger partial charge in [0.05, 0.1) is 6.54 Å². The van der Waals surface area contributed by atoms with Crippen LogP contribution in [0.15, 0.2) is 35.8 Å². The van der Waals surface area contributed by atoms with Crippen molar-refractivity contribution in [3.63, 3.8) is 0 Å². The van der Waals surface area contributed by atoms with Gasteiger partial charge in [0, 0.05) is 9.61 Å². The van der Waals surface area contributed by atoms with Crippen LogP contribution in [0.4, 0.5) is 0 Å². The van der Waals surface area contributed by atoms with Crippen LogP contribution in [0.25, 0.3) is 0 Å². The zero-order chi connectivity index (χ0) is 17.7. The molecule has 1 aromatic carbocycles. The summed E-state index contributed by atoms with van der Waals surface area (Å²) in [7, 11) is -3.00. The molecule has 6 heteroatoms. The van der Waals surface area contributed by atoms with Crippen molar-refractivity contribution in [2.75, 3.05) is 19.3 Å². The lowest BCUT2D eigenvalue weighted by Gasteiger charge is -2.27. The third kappa shape index (κ3) is 6.47. The first-order valence-corrected chi connectivity index (χ1v) is 12.2. The molecule has 0 radical (unpaired) electrons. The minimum absolute atomic E-state index is 0.265. The van der Waals surface area contributed by atoms with Crippen molar-refractivity contribution in [1.29, 1.82) is 0 Å². The van der Waals surface area contributed by atoms with Gasteiger partial charge >= 0.3 is 0 Å². The average molecular weight is 476 g/mol. The number of ether oxygens (including phenoxy) is 1. The van der Waals surface area contributed by atoms with Gasteiger partial charge in [0.15, 0.2) is 5.82 Å². The number of nitrogens with one attached hydrogen (secondary N) is 1. The highest BCUT2D eigenvalue weighted by Crippen LogP contribution is 2.55. The zero-order valence-electron chi connectivity index (χ0n) is 14.5. The molecule has 1 aliphatic heterocycles. The fraction of sp³-hybridized carbons (Fsp3) is 0.579. The topological polar surface area (TPSA) is 61.7 Å². The lowest BCUT2D eigenvalue weighted by Crippen LogP contribution is -2.41. The number of halogens is 1. The van der Waals surface area contributed by atoms with E-state index in [-0.39, 0.29) is 6.04 Å². The predicted octanol–water partition coefficient (Wildman–Crippen LogP) is 4.08. The minimum atomic E-state index is -3.00. The van der Waals surface area contributed by atoms with Gasteiger partial charge < -0.3 is 10.1 Å². The Bertz CT molecular complexity index is 575. The van der Waals surface area contributed by atoms with Crippen LogP contribution >= 0.6 is 30.3 Å². The normalized spacial score (nSPS) is 24.3. The summed E-state index contributed by atoms with van der Waals surface area (Å²) in [6.07, 6.45) is 7.43. The average Bonchev–Trinajstić information content (AvgIpc) is 2.59. The van der Waals surface area contributed by atoms with Crippen molar-refractivity contribution >= 4 is 30.3 Å². The highest BCUT2D eigenvalue weighted by molar-refractivity contribution is 14.1. The molecule has 138 valence electrons. The quantitative estimate of drug-likeness (QED) is 0.443. The molecule has 2 aliphatic rings. The van der Waals surface area contributed by atoms with E-state index in [1.165, 1.54) is 28.4 Å². The number of morpholine rings is 1. The van der Waals surface area contributed by atoms with Gasteiger partial charge in [-0.3, -0.25) is 0 Å². The Labute approximate surface area is 164 Å². The van der Waals surface area contributed by atoms with Crippen LogP contribution in [-0.2, 0) is 11.2 Å². The predicted molar refractivity (Wildman–Crippen MR) is 111 cm³/mol. The molecule has 1 heterocycles. The molecule has 1 saturated heterocycles. The third-order valence-electron chi connectivity index (χ3n) is 5.03. The Morgan fingerprint density at radius 1 is 1.16 bits per heavy atom. The van der Waals surface area contributed by atoms with Gasteiger partial charge in [-0.25, -0.2) is 9.79 Å². The molecule has 4 nitrogen and oxygen atoms in total. The summed E-state index contributed by atoms with van der Waals surface area (Å²) in [5.74, 6) is 2.75. The molecule has 1 saturated carbocycles. The summed E-state index contributed by atoms with van der Waals surface area (Å²) in [4.78, 5) is 20.9. The van der Waals surface area contributed by atoms with E-state index < -0.39 is 7.72 Å². The van der Waals surface area contributed by atoms with Gasteiger partial charge in [0.1, 0.15) is 18.5 Å². The van der Waals surface area contributed by atoms with E-state index >= 15 is 0 Å². The van der Waals surface area contributed by atoms with Gasteiger partial charge in [0.25, 0.3) is 7.72 Å². The van der Waals surface area contributed by atoms with Crippen molar-refractivity contribution in [2.24, 2.45) is 5.92 Å². The van der Waals surface area contributed by atoms with E-state index in [2.05, 4.69) is 52.2 Å². The molecule has 0 unspecified atom stereocenters. The fourth-order valence-electron chi connectivity index (χ4n) is 3.71. The van der Waals surface area contributed by atoms with Gasteiger partial charge in [-0.2, -0.15) is 0 Å². The van der Waals surface area contributed by atoms with E-state index in [4.69, 9.17) is 4.74 Å². The van der Waals surface area contributed by atoms with Gasteiger partial charge in [0.2, 0.25) is 0 Å². The van der Waals surface area contributed by atoms with E-state index in [1.807, 2.05) is 0 Å². The number of rotatable bonds is 5.